The van der Waals surface area contributed by atoms with Crippen molar-refractivity contribution in [3.63, 3.8) is 0 Å². The van der Waals surface area contributed by atoms with Crippen molar-refractivity contribution < 1.29 is 0 Å². The van der Waals surface area contributed by atoms with Crippen LogP contribution in [0.4, 0.5) is 0 Å². The highest BCUT2D eigenvalue weighted by atomic mass is 31.1. The minimum atomic E-state index is 0.778. The van der Waals surface area contributed by atoms with Crippen LogP contribution in [0, 0.1) is 0 Å². The van der Waals surface area contributed by atoms with E-state index in [2.05, 4.69) is 39.0 Å². The van der Waals surface area contributed by atoms with E-state index in [4.69, 9.17) is 0 Å². The first-order chi connectivity index (χ1) is 5.24. The first-order valence-corrected chi connectivity index (χ1v) is 5.52. The molecule has 1 heteroatoms. The van der Waals surface area contributed by atoms with Crippen LogP contribution in [0.1, 0.15) is 27.2 Å². The van der Waals surface area contributed by atoms with Gasteiger partial charge in [-0.1, -0.05) is 44.6 Å². The van der Waals surface area contributed by atoms with Gasteiger partial charge in [0.05, 0.1) is 0 Å². The van der Waals surface area contributed by atoms with Crippen LogP contribution < -0.4 is 0 Å². The number of rotatable bonds is 3. The zero-order valence-electron chi connectivity index (χ0n) is 7.59. The third-order valence-corrected chi connectivity index (χ3v) is 3.52. The van der Waals surface area contributed by atoms with Crippen molar-refractivity contribution in [1.82, 2.24) is 0 Å². The average Bonchev–Trinajstić information content (AvgIpc) is 2.34. The van der Waals surface area contributed by atoms with Gasteiger partial charge in [-0.2, -0.15) is 0 Å². The molecule has 0 N–H and O–H groups in total. The van der Waals surface area contributed by atoms with Crippen LogP contribution >= 0.6 is 8.58 Å². The molecule has 0 aromatic heterocycles. The minimum Gasteiger partial charge on any atom is -0.108 e. The predicted octanol–water partition coefficient (Wildman–Crippen LogP) is 3.35. The van der Waals surface area contributed by atoms with Crippen molar-refractivity contribution in [2.75, 3.05) is 0 Å². The molecular weight excluding hydrogens is 151 g/mol. The van der Waals surface area contributed by atoms with Crippen LogP contribution in [0.25, 0.3) is 0 Å². The van der Waals surface area contributed by atoms with E-state index < -0.39 is 0 Å². The molecule has 0 aliphatic heterocycles. The highest BCUT2D eigenvalue weighted by Gasteiger charge is 2.13. The van der Waals surface area contributed by atoms with E-state index in [1.807, 2.05) is 0 Å². The van der Waals surface area contributed by atoms with Crippen LogP contribution in [-0.2, 0) is 0 Å². The molecule has 0 saturated carbocycles. The fourth-order valence-electron chi connectivity index (χ4n) is 1.38. The van der Waals surface area contributed by atoms with E-state index in [9.17, 15) is 0 Å². The summed E-state index contributed by atoms with van der Waals surface area (Å²) in [6, 6.07) is 0. The molecule has 1 unspecified atom stereocenters. The Labute approximate surface area is 71.6 Å². The monoisotopic (exact) mass is 168 g/mol. The SMILES string of the molecule is CCC1=CC=C[C@@H]1PC(C)C. The van der Waals surface area contributed by atoms with Gasteiger partial charge in [-0.15, -0.1) is 8.58 Å². The van der Waals surface area contributed by atoms with Gasteiger partial charge < -0.3 is 0 Å². The Morgan fingerprint density at radius 2 is 2.27 bits per heavy atom. The summed E-state index contributed by atoms with van der Waals surface area (Å²) in [4.78, 5) is 0. The van der Waals surface area contributed by atoms with Gasteiger partial charge in [0, 0.05) is 5.66 Å². The molecule has 0 spiro atoms. The molecule has 0 nitrogen and oxygen atoms in total. The summed E-state index contributed by atoms with van der Waals surface area (Å²) in [7, 11) is 1.07. The molecule has 0 heterocycles. The molecule has 1 aliphatic rings. The Hall–Kier alpha value is -0.0900. The molecular formula is C10H17P. The standard InChI is InChI=1S/C10H17P/c1-4-9-6-5-7-10(9)11-8(2)3/h5-8,10-11H,4H2,1-3H3/t10-/m0/s1. The first-order valence-electron chi connectivity index (χ1n) is 4.37. The summed E-state index contributed by atoms with van der Waals surface area (Å²) in [6.45, 7) is 6.85. The lowest BCUT2D eigenvalue weighted by molar-refractivity contribution is 1.03. The Morgan fingerprint density at radius 3 is 2.82 bits per heavy atom. The first kappa shape index (κ1) is 9.00. The Kier molecular flexibility index (Phi) is 3.33. The molecule has 0 aromatic rings. The lowest BCUT2D eigenvalue weighted by atomic mass is 10.2. The van der Waals surface area contributed by atoms with Crippen molar-refractivity contribution in [2.24, 2.45) is 0 Å². The average molecular weight is 168 g/mol. The molecule has 0 amide bonds. The molecule has 0 fully saturated rings. The summed E-state index contributed by atoms with van der Waals surface area (Å²) in [5, 5.41) is 0. The molecule has 0 bridgehead atoms. The Balaban J connectivity index is 2.46. The van der Waals surface area contributed by atoms with Gasteiger partial charge in [0.1, 0.15) is 0 Å². The molecule has 2 atom stereocenters. The summed E-state index contributed by atoms with van der Waals surface area (Å²) >= 11 is 0. The molecule has 1 rings (SSSR count). The van der Waals surface area contributed by atoms with Gasteiger partial charge in [0.25, 0.3) is 0 Å². The second-order valence-corrected chi connectivity index (χ2v) is 5.39. The normalized spacial score (nSPS) is 24.0. The second-order valence-electron chi connectivity index (χ2n) is 3.28. The maximum Gasteiger partial charge on any atom is 0.0159 e. The van der Waals surface area contributed by atoms with Crippen LogP contribution in [0.15, 0.2) is 23.8 Å². The topological polar surface area (TPSA) is 0 Å². The summed E-state index contributed by atoms with van der Waals surface area (Å²) in [5.74, 6) is 0. The summed E-state index contributed by atoms with van der Waals surface area (Å²) in [6.07, 6.45) is 8.05. The molecule has 0 radical (unpaired) electrons. The molecule has 11 heavy (non-hydrogen) atoms. The number of allylic oxidation sites excluding steroid dienone is 4. The van der Waals surface area contributed by atoms with E-state index in [0.29, 0.717) is 0 Å². The predicted molar refractivity (Wildman–Crippen MR) is 54.8 cm³/mol. The fourth-order valence-corrected chi connectivity index (χ4v) is 2.83. The largest absolute Gasteiger partial charge is 0.108 e. The highest BCUT2D eigenvalue weighted by Crippen LogP contribution is 2.35. The van der Waals surface area contributed by atoms with Crippen LogP contribution in [0.5, 0.6) is 0 Å². The molecule has 1 aliphatic carbocycles. The fraction of sp³-hybridized carbons (Fsp3) is 0.600. The highest BCUT2D eigenvalue weighted by molar-refractivity contribution is 7.40. The third-order valence-electron chi connectivity index (χ3n) is 1.93. The third kappa shape index (κ3) is 2.45. The van der Waals surface area contributed by atoms with E-state index in [-0.39, 0.29) is 0 Å². The van der Waals surface area contributed by atoms with Crippen molar-refractivity contribution in [1.29, 1.82) is 0 Å². The minimum absolute atomic E-state index is 0.778. The van der Waals surface area contributed by atoms with Gasteiger partial charge in [-0.25, -0.2) is 0 Å². The summed E-state index contributed by atoms with van der Waals surface area (Å²) in [5.41, 5.74) is 3.25. The number of hydrogen-bond acceptors (Lipinski definition) is 0. The smallest absolute Gasteiger partial charge is 0.0159 e. The van der Waals surface area contributed by atoms with Crippen molar-refractivity contribution >= 4 is 8.58 Å². The van der Waals surface area contributed by atoms with E-state index in [1.54, 1.807) is 5.57 Å². The lowest BCUT2D eigenvalue weighted by Crippen LogP contribution is -2.00. The van der Waals surface area contributed by atoms with Crippen LogP contribution in [0.3, 0.4) is 0 Å². The second kappa shape index (κ2) is 4.07. The maximum absolute atomic E-state index is 2.34. The quantitative estimate of drug-likeness (QED) is 0.567. The Morgan fingerprint density at radius 1 is 1.55 bits per heavy atom. The van der Waals surface area contributed by atoms with Crippen molar-refractivity contribution in [3.8, 4) is 0 Å². The Bertz CT molecular complexity index is 177. The zero-order valence-corrected chi connectivity index (χ0v) is 8.59. The molecule has 62 valence electrons. The van der Waals surface area contributed by atoms with Gasteiger partial charge in [-0.05, 0) is 12.1 Å². The molecule has 0 saturated heterocycles. The van der Waals surface area contributed by atoms with Gasteiger partial charge in [0.2, 0.25) is 0 Å². The van der Waals surface area contributed by atoms with Gasteiger partial charge in [-0.3, -0.25) is 0 Å². The van der Waals surface area contributed by atoms with Crippen LogP contribution in [-0.4, -0.2) is 11.3 Å². The van der Waals surface area contributed by atoms with Crippen molar-refractivity contribution in [3.05, 3.63) is 23.8 Å². The lowest BCUT2D eigenvalue weighted by Gasteiger charge is -2.14. The van der Waals surface area contributed by atoms with Gasteiger partial charge >= 0.3 is 0 Å². The van der Waals surface area contributed by atoms with E-state index in [0.717, 1.165) is 19.9 Å². The van der Waals surface area contributed by atoms with Gasteiger partial charge in [0.15, 0.2) is 0 Å². The number of hydrogen-bond donors (Lipinski definition) is 0. The maximum atomic E-state index is 2.34. The van der Waals surface area contributed by atoms with E-state index in [1.165, 1.54) is 6.42 Å². The van der Waals surface area contributed by atoms with Crippen molar-refractivity contribution in [2.45, 2.75) is 38.5 Å². The van der Waals surface area contributed by atoms with E-state index >= 15 is 0 Å². The molecule has 0 aromatic carbocycles. The summed E-state index contributed by atoms with van der Waals surface area (Å²) < 4.78 is 0. The van der Waals surface area contributed by atoms with Crippen LogP contribution in [0.2, 0.25) is 0 Å². The zero-order chi connectivity index (χ0) is 8.27.